The molecule has 2 aliphatic carbocycles. The van der Waals surface area contributed by atoms with Crippen LogP contribution in [0, 0.1) is 5.92 Å². The van der Waals surface area contributed by atoms with Crippen LogP contribution in [-0.2, 0) is 19.1 Å². The second-order valence-corrected chi connectivity index (χ2v) is 4.98. The van der Waals surface area contributed by atoms with Crippen molar-refractivity contribution in [3.63, 3.8) is 0 Å². The third-order valence-electron chi connectivity index (χ3n) is 3.72. The summed E-state index contributed by atoms with van der Waals surface area (Å²) in [6.07, 6.45) is 4.05. The fraction of sp³-hybridized carbons (Fsp3) is 0.600. The molecule has 0 aromatic rings. The Bertz CT molecular complexity index is 471. The van der Waals surface area contributed by atoms with E-state index in [2.05, 4.69) is 0 Å². The molecule has 0 saturated carbocycles. The van der Waals surface area contributed by atoms with Crippen LogP contribution in [0.25, 0.3) is 0 Å². The number of rotatable bonds is 3. The van der Waals surface area contributed by atoms with Crippen molar-refractivity contribution in [1.29, 1.82) is 0 Å². The summed E-state index contributed by atoms with van der Waals surface area (Å²) >= 11 is 0. The average molecular weight is 264 g/mol. The van der Waals surface area contributed by atoms with E-state index in [1.54, 1.807) is 6.92 Å². The van der Waals surface area contributed by atoms with Gasteiger partial charge in [-0.25, -0.2) is 0 Å². The topological polar surface area (TPSA) is 52.6 Å². The molecule has 0 aromatic carbocycles. The molecule has 1 unspecified atom stereocenters. The molecule has 0 radical (unpaired) electrons. The molecule has 4 nitrogen and oxygen atoms in total. The van der Waals surface area contributed by atoms with E-state index < -0.39 is 5.92 Å². The normalized spacial score (nSPS) is 22.4. The molecule has 4 heteroatoms. The second kappa shape index (κ2) is 5.59. The highest BCUT2D eigenvalue weighted by Gasteiger charge is 2.40. The Morgan fingerprint density at radius 1 is 1.26 bits per heavy atom. The summed E-state index contributed by atoms with van der Waals surface area (Å²) in [7, 11) is 0. The first-order valence-electron chi connectivity index (χ1n) is 6.84. The monoisotopic (exact) mass is 264 g/mol. The van der Waals surface area contributed by atoms with Crippen LogP contribution in [0.1, 0.15) is 46.5 Å². The van der Waals surface area contributed by atoms with Crippen LogP contribution in [0.5, 0.6) is 0 Å². The van der Waals surface area contributed by atoms with E-state index in [0.29, 0.717) is 12.4 Å². The molecule has 0 aliphatic heterocycles. The van der Waals surface area contributed by atoms with Gasteiger partial charge in [0.15, 0.2) is 0 Å². The number of carbonyl (C=O) groups is 2. The Labute approximate surface area is 113 Å². The van der Waals surface area contributed by atoms with Gasteiger partial charge >= 0.3 is 11.9 Å². The predicted molar refractivity (Wildman–Crippen MR) is 70.1 cm³/mol. The van der Waals surface area contributed by atoms with E-state index in [9.17, 15) is 9.59 Å². The highest BCUT2D eigenvalue weighted by Crippen LogP contribution is 2.45. The van der Waals surface area contributed by atoms with Crippen molar-refractivity contribution in [3.8, 4) is 0 Å². The summed E-state index contributed by atoms with van der Waals surface area (Å²) < 4.78 is 10.4. The number of esters is 2. The van der Waals surface area contributed by atoms with Crippen LogP contribution in [-0.4, -0.2) is 18.5 Å². The lowest BCUT2D eigenvalue weighted by Crippen LogP contribution is -2.23. The van der Waals surface area contributed by atoms with Gasteiger partial charge in [0.25, 0.3) is 0 Å². The minimum Gasteiger partial charge on any atom is -0.465 e. The quantitative estimate of drug-likeness (QED) is 0.735. The Hall–Kier alpha value is -1.58. The van der Waals surface area contributed by atoms with E-state index in [-0.39, 0.29) is 11.9 Å². The number of hydrogen-bond donors (Lipinski definition) is 0. The van der Waals surface area contributed by atoms with Gasteiger partial charge in [-0.05, 0) is 56.3 Å². The highest BCUT2D eigenvalue weighted by atomic mass is 16.6. The number of carbonyl (C=O) groups excluding carboxylic acids is 2. The molecule has 0 aromatic heterocycles. The lowest BCUT2D eigenvalue weighted by Gasteiger charge is -2.20. The maximum absolute atomic E-state index is 12.2. The zero-order valence-electron chi connectivity index (χ0n) is 11.7. The van der Waals surface area contributed by atoms with Crippen LogP contribution >= 0.6 is 0 Å². The fourth-order valence-electron chi connectivity index (χ4n) is 2.96. The molecule has 2 rings (SSSR count). The van der Waals surface area contributed by atoms with Crippen molar-refractivity contribution in [2.75, 3.05) is 6.61 Å². The van der Waals surface area contributed by atoms with E-state index in [4.69, 9.17) is 9.47 Å². The van der Waals surface area contributed by atoms with Crippen molar-refractivity contribution in [3.05, 3.63) is 22.5 Å². The Kier molecular flexibility index (Phi) is 4.08. The van der Waals surface area contributed by atoms with Crippen LogP contribution in [0.15, 0.2) is 22.5 Å². The first-order chi connectivity index (χ1) is 9.06. The molecular formula is C15H20O4. The Balaban J connectivity index is 2.36. The van der Waals surface area contributed by atoms with E-state index >= 15 is 0 Å². The van der Waals surface area contributed by atoms with Crippen molar-refractivity contribution in [2.24, 2.45) is 5.92 Å². The summed E-state index contributed by atoms with van der Waals surface area (Å²) in [6.45, 7) is 5.41. The third-order valence-corrected chi connectivity index (χ3v) is 3.72. The fourth-order valence-corrected chi connectivity index (χ4v) is 2.96. The molecule has 0 N–H and O–H groups in total. The molecule has 0 spiro atoms. The smallest absolute Gasteiger partial charge is 0.320 e. The summed E-state index contributed by atoms with van der Waals surface area (Å²) in [6, 6.07) is 0. The van der Waals surface area contributed by atoms with Gasteiger partial charge in [0.05, 0.1) is 6.61 Å². The lowest BCUT2D eigenvalue weighted by atomic mass is 9.87. The molecule has 2 aliphatic rings. The first-order valence-corrected chi connectivity index (χ1v) is 6.84. The zero-order valence-corrected chi connectivity index (χ0v) is 11.7. The Morgan fingerprint density at radius 3 is 2.58 bits per heavy atom. The summed E-state index contributed by atoms with van der Waals surface area (Å²) in [5.41, 5.74) is 3.24. The minimum atomic E-state index is -0.501. The maximum Gasteiger partial charge on any atom is 0.320 e. The highest BCUT2D eigenvalue weighted by molar-refractivity contribution is 5.83. The summed E-state index contributed by atoms with van der Waals surface area (Å²) in [4.78, 5) is 23.4. The van der Waals surface area contributed by atoms with Gasteiger partial charge in [0.1, 0.15) is 11.7 Å². The van der Waals surface area contributed by atoms with E-state index in [1.165, 1.54) is 12.5 Å². The Morgan fingerprint density at radius 2 is 1.95 bits per heavy atom. The molecule has 1 atom stereocenters. The van der Waals surface area contributed by atoms with Gasteiger partial charge in [0.2, 0.25) is 0 Å². The number of hydrogen-bond acceptors (Lipinski definition) is 4. The van der Waals surface area contributed by atoms with Crippen molar-refractivity contribution < 1.29 is 19.1 Å². The minimum absolute atomic E-state index is 0.301. The van der Waals surface area contributed by atoms with E-state index in [1.807, 2.05) is 6.92 Å². The van der Waals surface area contributed by atoms with Gasteiger partial charge in [-0.15, -0.1) is 0 Å². The third kappa shape index (κ3) is 2.57. The summed E-state index contributed by atoms with van der Waals surface area (Å²) in [5, 5.41) is 0. The largest absolute Gasteiger partial charge is 0.465 e. The van der Waals surface area contributed by atoms with Crippen LogP contribution < -0.4 is 0 Å². The van der Waals surface area contributed by atoms with Crippen molar-refractivity contribution in [1.82, 2.24) is 0 Å². The van der Waals surface area contributed by atoms with Crippen molar-refractivity contribution >= 4 is 11.9 Å². The molecule has 0 heterocycles. The molecule has 19 heavy (non-hydrogen) atoms. The number of ether oxygens (including phenoxy) is 2. The average Bonchev–Trinajstić information content (AvgIpc) is 2.63. The molecule has 0 amide bonds. The SMILES string of the molecule is CCOC(=O)C1C2=C(CCCC2)C(C)=C1OC(C)=O. The van der Waals surface area contributed by atoms with Gasteiger partial charge < -0.3 is 9.47 Å². The maximum atomic E-state index is 12.2. The van der Waals surface area contributed by atoms with Gasteiger partial charge in [0, 0.05) is 6.92 Å². The van der Waals surface area contributed by atoms with Gasteiger partial charge in [-0.3, -0.25) is 9.59 Å². The van der Waals surface area contributed by atoms with E-state index in [0.717, 1.165) is 36.8 Å². The van der Waals surface area contributed by atoms with Crippen LogP contribution in [0.2, 0.25) is 0 Å². The molecule has 0 saturated heterocycles. The van der Waals surface area contributed by atoms with Crippen LogP contribution in [0.3, 0.4) is 0 Å². The first kappa shape index (κ1) is 13.8. The van der Waals surface area contributed by atoms with Gasteiger partial charge in [-0.2, -0.15) is 0 Å². The second-order valence-electron chi connectivity index (χ2n) is 4.98. The molecule has 0 fully saturated rings. The molecule has 0 bridgehead atoms. The zero-order chi connectivity index (χ0) is 14.0. The number of allylic oxidation sites excluding steroid dienone is 2. The van der Waals surface area contributed by atoms with Crippen molar-refractivity contribution in [2.45, 2.75) is 46.5 Å². The molecular weight excluding hydrogens is 244 g/mol. The molecule has 104 valence electrons. The predicted octanol–water partition coefficient (Wildman–Crippen LogP) is 2.89. The summed E-state index contributed by atoms with van der Waals surface area (Å²) in [5.74, 6) is -0.703. The lowest BCUT2D eigenvalue weighted by molar-refractivity contribution is -0.148. The van der Waals surface area contributed by atoms with Gasteiger partial charge in [-0.1, -0.05) is 0 Å². The van der Waals surface area contributed by atoms with Crippen LogP contribution in [0.4, 0.5) is 0 Å². The standard InChI is InChI=1S/C15H20O4/c1-4-18-15(17)13-12-8-6-5-7-11(12)9(2)14(13)19-10(3)16/h13H,4-8H2,1-3H3.